The molecule has 20 heavy (non-hydrogen) atoms. The molecule has 112 valence electrons. The summed E-state index contributed by atoms with van der Waals surface area (Å²) in [6.45, 7) is 4.86. The molecule has 3 N–H and O–H groups in total. The topological polar surface area (TPSA) is 70.1 Å². The Morgan fingerprint density at radius 1 is 1.20 bits per heavy atom. The molecule has 1 aromatic heterocycles. The van der Waals surface area contributed by atoms with E-state index in [0.29, 0.717) is 5.92 Å². The Morgan fingerprint density at radius 3 is 2.55 bits per heavy atom. The predicted octanol–water partition coefficient (Wildman–Crippen LogP) is 2.35. The molecule has 2 unspecified atom stereocenters. The summed E-state index contributed by atoms with van der Waals surface area (Å²) < 4.78 is 0. The van der Waals surface area contributed by atoms with Crippen molar-refractivity contribution in [3.8, 4) is 0 Å². The van der Waals surface area contributed by atoms with E-state index >= 15 is 0 Å². The maximum absolute atomic E-state index is 10.0. The predicted molar refractivity (Wildman–Crippen MR) is 82.1 cm³/mol. The van der Waals surface area contributed by atoms with Gasteiger partial charge in [-0.15, -0.1) is 0 Å². The average molecular weight is 278 g/mol. The van der Waals surface area contributed by atoms with Crippen LogP contribution >= 0.6 is 0 Å². The minimum absolute atomic E-state index is 0.173. The second kappa shape index (κ2) is 6.88. The van der Waals surface area contributed by atoms with Crippen LogP contribution in [0.15, 0.2) is 0 Å². The summed E-state index contributed by atoms with van der Waals surface area (Å²) in [6.07, 6.45) is 5.03. The molecule has 1 aromatic rings. The lowest BCUT2D eigenvalue weighted by atomic mass is 9.86. The van der Waals surface area contributed by atoms with Crippen LogP contribution in [0.3, 0.4) is 0 Å². The van der Waals surface area contributed by atoms with Gasteiger partial charge in [-0.25, -0.2) is 9.97 Å². The van der Waals surface area contributed by atoms with Crippen molar-refractivity contribution in [2.45, 2.75) is 52.1 Å². The molecular weight excluding hydrogens is 252 g/mol. The highest BCUT2D eigenvalue weighted by Crippen LogP contribution is 2.26. The zero-order chi connectivity index (χ0) is 14.5. The summed E-state index contributed by atoms with van der Waals surface area (Å²) in [4.78, 5) is 9.03. The molecular formula is C15H26N4O. The second-order valence-electron chi connectivity index (χ2n) is 5.56. The molecule has 1 aliphatic rings. The summed E-state index contributed by atoms with van der Waals surface area (Å²) in [5.41, 5.74) is 1.04. The van der Waals surface area contributed by atoms with E-state index in [1.54, 1.807) is 0 Å². The zero-order valence-corrected chi connectivity index (χ0v) is 12.7. The highest BCUT2D eigenvalue weighted by atomic mass is 16.3. The maximum atomic E-state index is 10.0. The summed E-state index contributed by atoms with van der Waals surface area (Å²) in [6, 6.07) is 0. The quantitative estimate of drug-likeness (QED) is 0.771. The SMILES string of the molecule is CCc1nc(NC)c(C)c(NCC2CCCCC2O)n1. The first-order valence-corrected chi connectivity index (χ1v) is 7.62. The molecule has 1 fully saturated rings. The fraction of sp³-hybridized carbons (Fsp3) is 0.733. The molecule has 5 heteroatoms. The maximum Gasteiger partial charge on any atom is 0.134 e. The van der Waals surface area contributed by atoms with Crippen LogP contribution in [0.4, 0.5) is 11.6 Å². The van der Waals surface area contributed by atoms with Gasteiger partial charge in [0.25, 0.3) is 0 Å². The van der Waals surface area contributed by atoms with Crippen LogP contribution in [0.25, 0.3) is 0 Å². The van der Waals surface area contributed by atoms with E-state index in [0.717, 1.165) is 55.3 Å². The number of rotatable bonds is 5. The van der Waals surface area contributed by atoms with Crippen molar-refractivity contribution in [3.05, 3.63) is 11.4 Å². The Morgan fingerprint density at radius 2 is 1.90 bits per heavy atom. The van der Waals surface area contributed by atoms with Crippen LogP contribution in [-0.4, -0.2) is 34.8 Å². The molecule has 0 aromatic carbocycles. The molecule has 5 nitrogen and oxygen atoms in total. The van der Waals surface area contributed by atoms with Crippen molar-refractivity contribution in [2.24, 2.45) is 5.92 Å². The molecule has 2 atom stereocenters. The molecule has 0 amide bonds. The van der Waals surface area contributed by atoms with Gasteiger partial charge in [0.05, 0.1) is 6.10 Å². The Hall–Kier alpha value is -1.36. The number of anilines is 2. The number of nitrogens with zero attached hydrogens (tertiary/aromatic N) is 2. The van der Waals surface area contributed by atoms with Crippen LogP contribution < -0.4 is 10.6 Å². The lowest BCUT2D eigenvalue weighted by Crippen LogP contribution is -2.30. The molecule has 0 aliphatic heterocycles. The van der Waals surface area contributed by atoms with Gasteiger partial charge in [0, 0.05) is 31.5 Å². The van der Waals surface area contributed by atoms with Crippen LogP contribution in [0.5, 0.6) is 0 Å². The number of hydrogen-bond acceptors (Lipinski definition) is 5. The van der Waals surface area contributed by atoms with Gasteiger partial charge in [-0.3, -0.25) is 0 Å². The highest BCUT2D eigenvalue weighted by molar-refractivity contribution is 5.57. The van der Waals surface area contributed by atoms with E-state index in [-0.39, 0.29) is 6.10 Å². The number of aliphatic hydroxyl groups is 1. The van der Waals surface area contributed by atoms with Gasteiger partial charge >= 0.3 is 0 Å². The summed E-state index contributed by atoms with van der Waals surface area (Å²) >= 11 is 0. The standard InChI is InChI=1S/C15H26N4O/c1-4-13-18-14(16-3)10(2)15(19-13)17-9-11-7-5-6-8-12(11)20/h11-12,20H,4-9H2,1-3H3,(H2,16,17,18,19). The van der Waals surface area contributed by atoms with Gasteiger partial charge in [0.1, 0.15) is 17.5 Å². The van der Waals surface area contributed by atoms with Crippen LogP contribution in [0.1, 0.15) is 44.0 Å². The Balaban J connectivity index is 2.08. The lowest BCUT2D eigenvalue weighted by Gasteiger charge is -2.28. The molecule has 2 rings (SSSR count). The zero-order valence-electron chi connectivity index (χ0n) is 12.7. The molecule has 0 bridgehead atoms. The van der Waals surface area contributed by atoms with E-state index in [1.807, 2.05) is 14.0 Å². The first-order valence-electron chi connectivity index (χ1n) is 7.62. The average Bonchev–Trinajstić information content (AvgIpc) is 2.47. The Bertz CT molecular complexity index is 450. The van der Waals surface area contributed by atoms with Crippen LogP contribution in [0, 0.1) is 12.8 Å². The van der Waals surface area contributed by atoms with Gasteiger partial charge in [0.15, 0.2) is 0 Å². The van der Waals surface area contributed by atoms with Gasteiger partial charge < -0.3 is 15.7 Å². The fourth-order valence-corrected chi connectivity index (χ4v) is 2.79. The Kier molecular flexibility index (Phi) is 5.17. The van der Waals surface area contributed by atoms with E-state index in [4.69, 9.17) is 0 Å². The second-order valence-corrected chi connectivity index (χ2v) is 5.56. The number of aromatic nitrogens is 2. The van der Waals surface area contributed by atoms with E-state index < -0.39 is 0 Å². The monoisotopic (exact) mass is 278 g/mol. The van der Waals surface area contributed by atoms with Gasteiger partial charge in [-0.05, 0) is 19.8 Å². The molecule has 1 heterocycles. The van der Waals surface area contributed by atoms with E-state index in [9.17, 15) is 5.11 Å². The van der Waals surface area contributed by atoms with Gasteiger partial charge in [-0.1, -0.05) is 19.8 Å². The van der Waals surface area contributed by atoms with Gasteiger partial charge in [0.2, 0.25) is 0 Å². The van der Waals surface area contributed by atoms with Crippen LogP contribution in [0.2, 0.25) is 0 Å². The number of aryl methyl sites for hydroxylation is 1. The van der Waals surface area contributed by atoms with Crippen molar-refractivity contribution in [1.82, 2.24) is 9.97 Å². The van der Waals surface area contributed by atoms with Crippen molar-refractivity contribution >= 4 is 11.6 Å². The molecule has 0 radical (unpaired) electrons. The Labute approximate surface area is 121 Å². The molecule has 0 saturated heterocycles. The molecule has 0 spiro atoms. The number of aliphatic hydroxyl groups excluding tert-OH is 1. The van der Waals surface area contributed by atoms with E-state index in [1.165, 1.54) is 6.42 Å². The first-order chi connectivity index (χ1) is 9.65. The molecule has 1 saturated carbocycles. The summed E-state index contributed by atoms with van der Waals surface area (Å²) in [5.74, 6) is 2.94. The third-order valence-corrected chi connectivity index (χ3v) is 4.15. The first kappa shape index (κ1) is 15.0. The van der Waals surface area contributed by atoms with Crippen molar-refractivity contribution in [2.75, 3.05) is 24.2 Å². The molecule has 1 aliphatic carbocycles. The fourth-order valence-electron chi connectivity index (χ4n) is 2.79. The van der Waals surface area contributed by atoms with Crippen molar-refractivity contribution < 1.29 is 5.11 Å². The summed E-state index contributed by atoms with van der Waals surface area (Å²) in [5, 5.41) is 16.6. The minimum atomic E-state index is -0.173. The van der Waals surface area contributed by atoms with Crippen LogP contribution in [-0.2, 0) is 6.42 Å². The van der Waals surface area contributed by atoms with Crippen molar-refractivity contribution in [3.63, 3.8) is 0 Å². The summed E-state index contributed by atoms with van der Waals surface area (Å²) in [7, 11) is 1.88. The third kappa shape index (κ3) is 3.39. The lowest BCUT2D eigenvalue weighted by molar-refractivity contribution is 0.0763. The van der Waals surface area contributed by atoms with Crippen molar-refractivity contribution in [1.29, 1.82) is 0 Å². The largest absolute Gasteiger partial charge is 0.393 e. The highest BCUT2D eigenvalue weighted by Gasteiger charge is 2.23. The smallest absolute Gasteiger partial charge is 0.134 e. The van der Waals surface area contributed by atoms with Gasteiger partial charge in [-0.2, -0.15) is 0 Å². The van der Waals surface area contributed by atoms with E-state index in [2.05, 4.69) is 27.5 Å². The number of hydrogen-bond donors (Lipinski definition) is 3. The normalized spacial score (nSPS) is 22.6. The number of nitrogens with one attached hydrogen (secondary N) is 2. The minimum Gasteiger partial charge on any atom is -0.393 e. The third-order valence-electron chi connectivity index (χ3n) is 4.15.